The SMILES string of the molecule is c1cnc2c(c1)ccc1c(-c3ccc(-c4c5ccccc5nc5c4ccc4cccnc45)c4ncccc34)c3ccccc3nc12. The molecule has 5 heterocycles. The van der Waals surface area contributed by atoms with Crippen molar-refractivity contribution in [3.8, 4) is 22.3 Å². The highest BCUT2D eigenvalue weighted by atomic mass is 14.8. The Morgan fingerprint density at radius 3 is 1.39 bits per heavy atom. The van der Waals surface area contributed by atoms with Crippen molar-refractivity contribution in [2.24, 2.45) is 0 Å². The fourth-order valence-electron chi connectivity index (χ4n) is 7.16. The van der Waals surface area contributed by atoms with Crippen LogP contribution in [0, 0.1) is 0 Å². The Bertz CT molecular complexity index is 2680. The Labute approximate surface area is 262 Å². The van der Waals surface area contributed by atoms with Gasteiger partial charge < -0.3 is 0 Å². The van der Waals surface area contributed by atoms with Gasteiger partial charge in [-0.2, -0.15) is 0 Å². The van der Waals surface area contributed by atoms with Crippen molar-refractivity contribution in [3.05, 3.63) is 140 Å². The molecule has 5 aromatic carbocycles. The first-order valence-corrected chi connectivity index (χ1v) is 15.3. The molecule has 46 heavy (non-hydrogen) atoms. The summed E-state index contributed by atoms with van der Waals surface area (Å²) >= 11 is 0. The molecule has 5 nitrogen and oxygen atoms in total. The number of nitrogens with zero attached hydrogens (tertiary/aromatic N) is 5. The Balaban J connectivity index is 1.34. The maximum Gasteiger partial charge on any atom is 0.0978 e. The molecule has 10 aromatic rings. The van der Waals surface area contributed by atoms with Gasteiger partial charge in [0.05, 0.1) is 38.6 Å². The Hall–Kier alpha value is -6.33. The first-order valence-electron chi connectivity index (χ1n) is 15.3. The average Bonchev–Trinajstić information content (AvgIpc) is 3.12. The number of benzene rings is 5. The van der Waals surface area contributed by atoms with Crippen molar-refractivity contribution >= 4 is 76.3 Å². The summed E-state index contributed by atoms with van der Waals surface area (Å²) in [6.07, 6.45) is 5.57. The largest absolute Gasteiger partial charge is 0.256 e. The van der Waals surface area contributed by atoms with Crippen molar-refractivity contribution in [1.29, 1.82) is 0 Å². The summed E-state index contributed by atoms with van der Waals surface area (Å²) < 4.78 is 0. The minimum absolute atomic E-state index is 0.894. The molecular weight excluding hydrogens is 562 g/mol. The Morgan fingerprint density at radius 2 is 0.783 bits per heavy atom. The van der Waals surface area contributed by atoms with E-state index in [9.17, 15) is 0 Å². The van der Waals surface area contributed by atoms with Crippen molar-refractivity contribution in [1.82, 2.24) is 24.9 Å². The van der Waals surface area contributed by atoms with E-state index in [0.29, 0.717) is 0 Å². The summed E-state index contributed by atoms with van der Waals surface area (Å²) in [6.45, 7) is 0. The van der Waals surface area contributed by atoms with Crippen molar-refractivity contribution in [3.63, 3.8) is 0 Å². The topological polar surface area (TPSA) is 64.5 Å². The monoisotopic (exact) mass is 585 g/mol. The van der Waals surface area contributed by atoms with E-state index >= 15 is 0 Å². The number of rotatable bonds is 2. The van der Waals surface area contributed by atoms with E-state index in [0.717, 1.165) is 98.6 Å². The van der Waals surface area contributed by atoms with Crippen molar-refractivity contribution < 1.29 is 0 Å². The predicted octanol–water partition coefficient (Wildman–Crippen LogP) is 10.1. The second-order valence-electron chi connectivity index (χ2n) is 11.6. The molecule has 0 unspecified atom stereocenters. The molecule has 0 fully saturated rings. The van der Waals surface area contributed by atoms with E-state index in [1.54, 1.807) is 0 Å². The minimum atomic E-state index is 0.894. The van der Waals surface area contributed by atoms with Crippen LogP contribution in [0.3, 0.4) is 0 Å². The Morgan fingerprint density at radius 1 is 0.304 bits per heavy atom. The van der Waals surface area contributed by atoms with E-state index in [4.69, 9.17) is 24.9 Å². The lowest BCUT2D eigenvalue weighted by molar-refractivity contribution is 1.40. The van der Waals surface area contributed by atoms with Crippen LogP contribution in [0.15, 0.2) is 140 Å². The van der Waals surface area contributed by atoms with Gasteiger partial charge in [-0.25, -0.2) is 9.97 Å². The van der Waals surface area contributed by atoms with E-state index in [2.05, 4.69) is 91.0 Å². The van der Waals surface area contributed by atoms with Gasteiger partial charge in [-0.15, -0.1) is 0 Å². The van der Waals surface area contributed by atoms with E-state index < -0.39 is 0 Å². The number of fused-ring (bicyclic) bond motifs is 9. The molecule has 0 N–H and O–H groups in total. The summed E-state index contributed by atoms with van der Waals surface area (Å²) in [5.41, 5.74) is 10.8. The molecule has 0 atom stereocenters. The summed E-state index contributed by atoms with van der Waals surface area (Å²) in [5.74, 6) is 0. The zero-order chi connectivity index (χ0) is 30.2. The number of hydrogen-bond acceptors (Lipinski definition) is 5. The lowest BCUT2D eigenvalue weighted by Gasteiger charge is -2.18. The maximum atomic E-state index is 5.14. The van der Waals surface area contributed by atoms with Crippen LogP contribution < -0.4 is 0 Å². The average molecular weight is 586 g/mol. The summed E-state index contributed by atoms with van der Waals surface area (Å²) in [5, 5.41) is 7.53. The third kappa shape index (κ3) is 3.54. The second kappa shape index (κ2) is 9.58. The fourth-order valence-corrected chi connectivity index (χ4v) is 7.16. The van der Waals surface area contributed by atoms with Gasteiger partial charge >= 0.3 is 0 Å². The highest BCUT2D eigenvalue weighted by Crippen LogP contribution is 2.44. The molecule has 5 heteroatoms. The van der Waals surface area contributed by atoms with Gasteiger partial charge in [-0.1, -0.05) is 91.0 Å². The minimum Gasteiger partial charge on any atom is -0.256 e. The first-order chi connectivity index (χ1) is 22.8. The summed E-state index contributed by atoms with van der Waals surface area (Å²) in [7, 11) is 0. The quantitative estimate of drug-likeness (QED) is 0.149. The van der Waals surface area contributed by atoms with Gasteiger partial charge in [0, 0.05) is 73.0 Å². The van der Waals surface area contributed by atoms with Gasteiger partial charge in [0.25, 0.3) is 0 Å². The fraction of sp³-hybridized carbons (Fsp3) is 0. The molecule has 0 aliphatic heterocycles. The standard InChI is InChI=1S/C41H23N5/c1-3-13-33-28(10-1)35(31-17-15-24-8-5-21-42-37(24)40(31)45-33)26-19-20-30(39-27(26)12-7-23-44-39)36-29-11-2-4-14-34(29)46-41-32(36)18-16-25-9-6-22-43-38(25)41/h1-23H. The number of aromatic nitrogens is 5. The molecule has 0 spiro atoms. The lowest BCUT2D eigenvalue weighted by atomic mass is 9.88. The van der Waals surface area contributed by atoms with Crippen molar-refractivity contribution in [2.45, 2.75) is 0 Å². The van der Waals surface area contributed by atoms with Crippen molar-refractivity contribution in [2.75, 3.05) is 0 Å². The van der Waals surface area contributed by atoms with E-state index in [1.165, 1.54) is 0 Å². The van der Waals surface area contributed by atoms with Crippen LogP contribution in [0.25, 0.3) is 98.6 Å². The van der Waals surface area contributed by atoms with Crippen LogP contribution in [0.5, 0.6) is 0 Å². The summed E-state index contributed by atoms with van der Waals surface area (Å²) in [6, 6.07) is 42.2. The van der Waals surface area contributed by atoms with E-state index in [1.807, 2.05) is 48.9 Å². The van der Waals surface area contributed by atoms with Gasteiger partial charge in [-0.3, -0.25) is 15.0 Å². The molecule has 0 bridgehead atoms. The maximum absolute atomic E-state index is 5.14. The van der Waals surface area contributed by atoms with Gasteiger partial charge in [0.1, 0.15) is 0 Å². The zero-order valence-electron chi connectivity index (χ0n) is 24.5. The van der Waals surface area contributed by atoms with Gasteiger partial charge in [-0.05, 0) is 35.9 Å². The molecule has 0 aliphatic rings. The number of pyridine rings is 5. The molecule has 0 aliphatic carbocycles. The van der Waals surface area contributed by atoms with E-state index in [-0.39, 0.29) is 0 Å². The van der Waals surface area contributed by atoms with Crippen LogP contribution in [0.2, 0.25) is 0 Å². The molecule has 0 saturated carbocycles. The number of para-hydroxylation sites is 2. The third-order valence-corrected chi connectivity index (χ3v) is 9.15. The predicted molar refractivity (Wildman–Crippen MR) is 189 cm³/mol. The Kier molecular flexibility index (Phi) is 5.22. The molecule has 0 radical (unpaired) electrons. The highest BCUT2D eigenvalue weighted by Gasteiger charge is 2.20. The van der Waals surface area contributed by atoms with Crippen LogP contribution in [-0.4, -0.2) is 24.9 Å². The molecular formula is C41H23N5. The first kappa shape index (κ1) is 25.0. The molecule has 212 valence electrons. The number of hydrogen-bond donors (Lipinski definition) is 0. The molecule has 0 saturated heterocycles. The van der Waals surface area contributed by atoms with Gasteiger partial charge in [0.2, 0.25) is 0 Å². The van der Waals surface area contributed by atoms with Gasteiger partial charge in [0.15, 0.2) is 0 Å². The molecule has 10 rings (SSSR count). The van der Waals surface area contributed by atoms with Crippen LogP contribution in [-0.2, 0) is 0 Å². The lowest BCUT2D eigenvalue weighted by Crippen LogP contribution is -1.95. The van der Waals surface area contributed by atoms with Crippen LogP contribution in [0.4, 0.5) is 0 Å². The highest BCUT2D eigenvalue weighted by molar-refractivity contribution is 6.22. The smallest absolute Gasteiger partial charge is 0.0978 e. The second-order valence-corrected chi connectivity index (χ2v) is 11.6. The zero-order valence-corrected chi connectivity index (χ0v) is 24.5. The van der Waals surface area contributed by atoms with Crippen LogP contribution >= 0.6 is 0 Å². The molecule has 0 amide bonds. The third-order valence-electron chi connectivity index (χ3n) is 9.15. The molecule has 5 aromatic heterocycles. The normalized spacial score (nSPS) is 11.9. The summed E-state index contributed by atoms with van der Waals surface area (Å²) in [4.78, 5) is 24.9. The van der Waals surface area contributed by atoms with Crippen LogP contribution in [0.1, 0.15) is 0 Å².